The van der Waals surface area contributed by atoms with Crippen molar-refractivity contribution in [1.29, 1.82) is 0 Å². The van der Waals surface area contributed by atoms with Crippen molar-refractivity contribution in [2.45, 2.75) is 0 Å². The third kappa shape index (κ3) is 2.83. The fourth-order valence-corrected chi connectivity index (χ4v) is 1.77. The standard InChI is InChI=1S/C12H9ClN4O3/c13-8-5-6(1-2-7(8)12(19)20)17-11-9(10(14)18)15-3-4-16-11/h1-5H,(H2,14,18)(H,16,17)(H,19,20). The maximum atomic E-state index is 11.2. The Balaban J connectivity index is 2.34. The molecule has 20 heavy (non-hydrogen) atoms. The van der Waals surface area contributed by atoms with E-state index in [2.05, 4.69) is 15.3 Å². The number of aromatic carboxylic acids is 1. The number of carboxylic acids is 1. The Hall–Kier alpha value is -2.67. The molecule has 0 aliphatic rings. The van der Waals surface area contributed by atoms with Crippen LogP contribution in [-0.2, 0) is 0 Å². The van der Waals surface area contributed by atoms with Crippen LogP contribution in [0, 0.1) is 0 Å². The van der Waals surface area contributed by atoms with E-state index < -0.39 is 11.9 Å². The molecule has 0 radical (unpaired) electrons. The first-order valence-corrected chi connectivity index (χ1v) is 5.77. The number of hydrogen-bond acceptors (Lipinski definition) is 5. The molecule has 8 heteroatoms. The van der Waals surface area contributed by atoms with Crippen molar-refractivity contribution in [2.24, 2.45) is 5.73 Å². The van der Waals surface area contributed by atoms with Crippen LogP contribution in [0.5, 0.6) is 0 Å². The number of nitrogens with two attached hydrogens (primary N) is 1. The van der Waals surface area contributed by atoms with E-state index in [9.17, 15) is 9.59 Å². The van der Waals surface area contributed by atoms with E-state index in [0.29, 0.717) is 5.69 Å². The number of carboxylic acid groups (broad SMARTS) is 1. The minimum Gasteiger partial charge on any atom is -0.478 e. The summed E-state index contributed by atoms with van der Waals surface area (Å²) in [6.45, 7) is 0. The minimum atomic E-state index is -1.13. The van der Waals surface area contributed by atoms with Crippen LogP contribution in [0.2, 0.25) is 5.02 Å². The van der Waals surface area contributed by atoms with Gasteiger partial charge in [-0.05, 0) is 18.2 Å². The fourth-order valence-electron chi connectivity index (χ4n) is 1.51. The van der Waals surface area contributed by atoms with Gasteiger partial charge in [0, 0.05) is 18.1 Å². The number of hydrogen-bond donors (Lipinski definition) is 3. The molecule has 0 unspecified atom stereocenters. The first-order valence-electron chi connectivity index (χ1n) is 5.39. The maximum Gasteiger partial charge on any atom is 0.337 e. The van der Waals surface area contributed by atoms with Gasteiger partial charge >= 0.3 is 5.97 Å². The Morgan fingerprint density at radius 2 is 1.95 bits per heavy atom. The lowest BCUT2D eigenvalue weighted by Gasteiger charge is -2.09. The molecule has 7 nitrogen and oxygen atoms in total. The number of anilines is 2. The van der Waals surface area contributed by atoms with Crippen LogP contribution in [0.1, 0.15) is 20.8 Å². The molecule has 1 heterocycles. The number of halogens is 1. The number of primary amides is 1. The third-order valence-corrected chi connectivity index (χ3v) is 2.71. The Kier molecular flexibility index (Phi) is 3.81. The number of amides is 1. The van der Waals surface area contributed by atoms with Crippen molar-refractivity contribution in [1.82, 2.24) is 9.97 Å². The van der Waals surface area contributed by atoms with E-state index in [1.807, 2.05) is 0 Å². The fraction of sp³-hybridized carbons (Fsp3) is 0. The zero-order valence-electron chi connectivity index (χ0n) is 10.0. The molecular weight excluding hydrogens is 284 g/mol. The van der Waals surface area contributed by atoms with Gasteiger partial charge in [0.25, 0.3) is 5.91 Å². The summed E-state index contributed by atoms with van der Waals surface area (Å²) in [5, 5.41) is 11.7. The van der Waals surface area contributed by atoms with Gasteiger partial charge in [0.2, 0.25) is 0 Å². The van der Waals surface area contributed by atoms with Gasteiger partial charge in [-0.15, -0.1) is 0 Å². The predicted molar refractivity (Wildman–Crippen MR) is 72.2 cm³/mol. The van der Waals surface area contributed by atoms with Crippen LogP contribution in [-0.4, -0.2) is 27.0 Å². The molecule has 0 bridgehead atoms. The van der Waals surface area contributed by atoms with Crippen molar-refractivity contribution in [2.75, 3.05) is 5.32 Å². The normalized spacial score (nSPS) is 10.1. The van der Waals surface area contributed by atoms with E-state index >= 15 is 0 Å². The number of carbonyl (C=O) groups excluding carboxylic acids is 1. The van der Waals surface area contributed by atoms with E-state index in [1.54, 1.807) is 0 Å². The second-order valence-corrected chi connectivity index (χ2v) is 4.15. The van der Waals surface area contributed by atoms with Crippen molar-refractivity contribution < 1.29 is 14.7 Å². The summed E-state index contributed by atoms with van der Waals surface area (Å²) in [4.78, 5) is 29.8. The molecule has 0 fully saturated rings. The first-order chi connectivity index (χ1) is 9.49. The molecular formula is C12H9ClN4O3. The largest absolute Gasteiger partial charge is 0.478 e. The third-order valence-electron chi connectivity index (χ3n) is 2.39. The molecule has 2 aromatic rings. The highest BCUT2D eigenvalue weighted by molar-refractivity contribution is 6.33. The summed E-state index contributed by atoms with van der Waals surface area (Å²) < 4.78 is 0. The highest BCUT2D eigenvalue weighted by Gasteiger charge is 2.13. The van der Waals surface area contributed by atoms with E-state index in [4.69, 9.17) is 22.4 Å². The average Bonchev–Trinajstić information content (AvgIpc) is 2.38. The lowest BCUT2D eigenvalue weighted by atomic mass is 10.2. The number of aromatic nitrogens is 2. The molecule has 2 rings (SSSR count). The predicted octanol–water partition coefficient (Wildman–Crippen LogP) is 1.67. The Bertz CT molecular complexity index is 690. The summed E-state index contributed by atoms with van der Waals surface area (Å²) in [6.07, 6.45) is 2.73. The number of benzene rings is 1. The molecule has 0 atom stereocenters. The molecule has 1 aromatic carbocycles. The summed E-state index contributed by atoms with van der Waals surface area (Å²) in [6, 6.07) is 4.24. The van der Waals surface area contributed by atoms with Gasteiger partial charge in [0.15, 0.2) is 11.5 Å². The van der Waals surface area contributed by atoms with Gasteiger partial charge in [-0.1, -0.05) is 11.6 Å². The van der Waals surface area contributed by atoms with Crippen molar-refractivity contribution >= 4 is 35.0 Å². The SMILES string of the molecule is NC(=O)c1nccnc1Nc1ccc(C(=O)O)c(Cl)c1. The van der Waals surface area contributed by atoms with E-state index in [0.717, 1.165) is 0 Å². The van der Waals surface area contributed by atoms with E-state index in [1.165, 1.54) is 30.6 Å². The van der Waals surface area contributed by atoms with Crippen LogP contribution in [0.3, 0.4) is 0 Å². The van der Waals surface area contributed by atoms with Gasteiger partial charge in [-0.25, -0.2) is 14.8 Å². The molecule has 1 amide bonds. The zero-order valence-corrected chi connectivity index (χ0v) is 10.8. The molecule has 4 N–H and O–H groups in total. The van der Waals surface area contributed by atoms with Crippen molar-refractivity contribution in [3.05, 3.63) is 46.9 Å². The quantitative estimate of drug-likeness (QED) is 0.789. The molecule has 0 aliphatic carbocycles. The zero-order chi connectivity index (χ0) is 14.7. The molecule has 0 spiro atoms. The Morgan fingerprint density at radius 3 is 2.55 bits per heavy atom. The Labute approximate surface area is 118 Å². The summed E-state index contributed by atoms with van der Waals surface area (Å²) >= 11 is 5.84. The summed E-state index contributed by atoms with van der Waals surface area (Å²) in [7, 11) is 0. The lowest BCUT2D eigenvalue weighted by molar-refractivity contribution is 0.0697. The first kappa shape index (κ1) is 13.8. The second-order valence-electron chi connectivity index (χ2n) is 3.74. The van der Waals surface area contributed by atoms with Crippen molar-refractivity contribution in [3.8, 4) is 0 Å². The lowest BCUT2D eigenvalue weighted by Crippen LogP contribution is -2.16. The van der Waals surface area contributed by atoms with Gasteiger partial charge in [0.1, 0.15) is 0 Å². The second kappa shape index (κ2) is 5.54. The number of carbonyl (C=O) groups is 2. The van der Waals surface area contributed by atoms with Crippen LogP contribution < -0.4 is 11.1 Å². The van der Waals surface area contributed by atoms with Gasteiger partial charge in [-0.2, -0.15) is 0 Å². The van der Waals surface area contributed by atoms with Crippen molar-refractivity contribution in [3.63, 3.8) is 0 Å². The minimum absolute atomic E-state index is 0.0218. The van der Waals surface area contributed by atoms with Crippen LogP contribution in [0.4, 0.5) is 11.5 Å². The summed E-state index contributed by atoms with van der Waals surface area (Å²) in [5.41, 5.74) is 5.59. The van der Waals surface area contributed by atoms with Gasteiger partial charge in [0.05, 0.1) is 10.6 Å². The highest BCUT2D eigenvalue weighted by Crippen LogP contribution is 2.23. The van der Waals surface area contributed by atoms with Crippen LogP contribution in [0.15, 0.2) is 30.6 Å². The molecule has 0 saturated carbocycles. The molecule has 1 aromatic heterocycles. The molecule has 0 saturated heterocycles. The van der Waals surface area contributed by atoms with Gasteiger partial charge < -0.3 is 16.2 Å². The number of rotatable bonds is 4. The molecule has 102 valence electrons. The van der Waals surface area contributed by atoms with E-state index in [-0.39, 0.29) is 22.1 Å². The van der Waals surface area contributed by atoms with Gasteiger partial charge in [-0.3, -0.25) is 4.79 Å². The monoisotopic (exact) mass is 292 g/mol. The number of nitrogens with one attached hydrogen (secondary N) is 1. The van der Waals surface area contributed by atoms with Crippen LogP contribution >= 0.6 is 11.6 Å². The Morgan fingerprint density at radius 1 is 1.25 bits per heavy atom. The maximum absolute atomic E-state index is 11.2. The smallest absolute Gasteiger partial charge is 0.337 e. The summed E-state index contributed by atoms with van der Waals surface area (Å²) in [5.74, 6) is -1.69. The topological polar surface area (TPSA) is 118 Å². The number of nitrogens with zero attached hydrogens (tertiary/aromatic N) is 2. The molecule has 0 aliphatic heterocycles. The average molecular weight is 293 g/mol. The highest BCUT2D eigenvalue weighted by atomic mass is 35.5. The van der Waals surface area contributed by atoms with Crippen LogP contribution in [0.25, 0.3) is 0 Å².